The van der Waals surface area contributed by atoms with Gasteiger partial charge < -0.3 is 9.64 Å². The van der Waals surface area contributed by atoms with Gasteiger partial charge in [0.1, 0.15) is 6.10 Å². The van der Waals surface area contributed by atoms with E-state index in [0.717, 1.165) is 11.1 Å². The van der Waals surface area contributed by atoms with Gasteiger partial charge in [0.15, 0.2) is 11.5 Å². The molecule has 3 aromatic rings. The Morgan fingerprint density at radius 2 is 1.71 bits per heavy atom. The third-order valence-electron chi connectivity index (χ3n) is 4.60. The van der Waals surface area contributed by atoms with Gasteiger partial charge in [-0.25, -0.2) is 19.3 Å². The highest BCUT2D eigenvalue weighted by Gasteiger charge is 2.27. The number of amides is 1. The molecule has 1 fully saturated rings. The van der Waals surface area contributed by atoms with Crippen LogP contribution in [-0.4, -0.2) is 49.9 Å². The van der Waals surface area contributed by atoms with E-state index in [1.807, 2.05) is 12.1 Å². The van der Waals surface area contributed by atoms with Crippen molar-refractivity contribution in [3.05, 3.63) is 66.8 Å². The molecule has 4 rings (SSSR count). The maximum atomic E-state index is 13.8. The number of rotatable bonds is 4. The van der Waals surface area contributed by atoms with E-state index in [2.05, 4.69) is 19.9 Å². The standard InChI is InChI=1S/C20H18FN5O2/c21-17-2-1-7-23-18(17)19(27)26-10-5-16(6-11-26)28-20-24-12-15(13-25-20)14-3-8-22-9-4-14/h1-4,7-9,12-13,16H,5-6,10-11H2. The lowest BCUT2D eigenvalue weighted by molar-refractivity contribution is 0.0569. The number of piperidine rings is 1. The zero-order valence-electron chi connectivity index (χ0n) is 15.0. The first kappa shape index (κ1) is 18.0. The minimum absolute atomic E-state index is 0.0931. The summed E-state index contributed by atoms with van der Waals surface area (Å²) in [6.07, 6.45) is 9.41. The van der Waals surface area contributed by atoms with Crippen LogP contribution in [0.5, 0.6) is 6.01 Å². The van der Waals surface area contributed by atoms with Crippen molar-refractivity contribution in [2.45, 2.75) is 18.9 Å². The molecule has 0 bridgehead atoms. The van der Waals surface area contributed by atoms with Crippen LogP contribution in [0.25, 0.3) is 11.1 Å². The summed E-state index contributed by atoms with van der Waals surface area (Å²) >= 11 is 0. The Labute approximate surface area is 161 Å². The van der Waals surface area contributed by atoms with Crippen molar-refractivity contribution >= 4 is 5.91 Å². The maximum absolute atomic E-state index is 13.8. The van der Waals surface area contributed by atoms with Crippen LogP contribution in [0.2, 0.25) is 0 Å². The van der Waals surface area contributed by atoms with Crippen LogP contribution in [-0.2, 0) is 0 Å². The summed E-state index contributed by atoms with van der Waals surface area (Å²) in [5, 5.41) is 0. The van der Waals surface area contributed by atoms with Gasteiger partial charge in [-0.15, -0.1) is 0 Å². The van der Waals surface area contributed by atoms with Gasteiger partial charge in [-0.05, 0) is 29.8 Å². The predicted molar refractivity (Wildman–Crippen MR) is 99.0 cm³/mol. The SMILES string of the molecule is O=C(c1ncccc1F)N1CCC(Oc2ncc(-c3ccncc3)cn2)CC1. The van der Waals surface area contributed by atoms with Gasteiger partial charge in [0.25, 0.3) is 5.91 Å². The predicted octanol–water partition coefficient (Wildman–Crippen LogP) is 2.76. The Morgan fingerprint density at radius 1 is 1.00 bits per heavy atom. The summed E-state index contributed by atoms with van der Waals surface area (Å²) in [6.45, 7) is 0.934. The average molecular weight is 379 g/mol. The number of hydrogen-bond donors (Lipinski definition) is 0. The van der Waals surface area contributed by atoms with Crippen LogP contribution < -0.4 is 4.74 Å². The number of ether oxygens (including phenoxy) is 1. The Hall–Kier alpha value is -3.42. The van der Waals surface area contributed by atoms with Crippen molar-refractivity contribution in [1.82, 2.24) is 24.8 Å². The quantitative estimate of drug-likeness (QED) is 0.693. The van der Waals surface area contributed by atoms with Gasteiger partial charge in [0, 0.05) is 62.5 Å². The molecule has 1 aliphatic rings. The fraction of sp³-hybridized carbons (Fsp3) is 0.250. The van der Waals surface area contributed by atoms with Crippen molar-refractivity contribution in [1.29, 1.82) is 0 Å². The second kappa shape index (κ2) is 8.08. The summed E-state index contributed by atoms with van der Waals surface area (Å²) < 4.78 is 19.6. The molecule has 0 N–H and O–H groups in total. The van der Waals surface area contributed by atoms with Crippen molar-refractivity contribution in [2.75, 3.05) is 13.1 Å². The zero-order chi connectivity index (χ0) is 19.3. The molecule has 28 heavy (non-hydrogen) atoms. The Bertz CT molecular complexity index is 944. The molecule has 8 heteroatoms. The highest BCUT2D eigenvalue weighted by molar-refractivity contribution is 5.92. The van der Waals surface area contributed by atoms with E-state index in [1.54, 1.807) is 29.7 Å². The van der Waals surface area contributed by atoms with Crippen molar-refractivity contribution < 1.29 is 13.9 Å². The number of nitrogens with zero attached hydrogens (tertiary/aromatic N) is 5. The summed E-state index contributed by atoms with van der Waals surface area (Å²) in [5.74, 6) is -0.997. The molecular weight excluding hydrogens is 361 g/mol. The van der Waals surface area contributed by atoms with Crippen molar-refractivity contribution in [2.24, 2.45) is 0 Å². The first-order valence-corrected chi connectivity index (χ1v) is 8.99. The van der Waals surface area contributed by atoms with Gasteiger partial charge in [-0.1, -0.05) is 0 Å². The third-order valence-corrected chi connectivity index (χ3v) is 4.60. The normalized spacial score (nSPS) is 14.7. The number of carbonyl (C=O) groups is 1. The molecule has 0 aromatic carbocycles. The number of halogens is 1. The first-order valence-electron chi connectivity index (χ1n) is 8.99. The molecular formula is C20H18FN5O2. The van der Waals surface area contributed by atoms with Gasteiger partial charge in [0.2, 0.25) is 0 Å². The largest absolute Gasteiger partial charge is 0.460 e. The van der Waals surface area contributed by atoms with Crippen LogP contribution in [0.15, 0.2) is 55.2 Å². The van der Waals surface area contributed by atoms with E-state index in [-0.39, 0.29) is 11.8 Å². The van der Waals surface area contributed by atoms with Crippen molar-refractivity contribution in [3.8, 4) is 17.1 Å². The van der Waals surface area contributed by atoms with E-state index < -0.39 is 11.7 Å². The second-order valence-electron chi connectivity index (χ2n) is 6.43. The van der Waals surface area contributed by atoms with E-state index in [4.69, 9.17) is 4.74 Å². The van der Waals surface area contributed by atoms with Gasteiger partial charge >= 0.3 is 6.01 Å². The Kier molecular flexibility index (Phi) is 5.18. The second-order valence-corrected chi connectivity index (χ2v) is 6.43. The molecule has 7 nitrogen and oxygen atoms in total. The molecule has 3 aromatic heterocycles. The Morgan fingerprint density at radius 3 is 2.39 bits per heavy atom. The minimum atomic E-state index is -0.603. The van der Waals surface area contributed by atoms with Gasteiger partial charge in [0.05, 0.1) is 0 Å². The number of carbonyl (C=O) groups excluding carboxylic acids is 1. The molecule has 4 heterocycles. The minimum Gasteiger partial charge on any atom is -0.460 e. The topological polar surface area (TPSA) is 81.1 Å². The summed E-state index contributed by atoms with van der Waals surface area (Å²) in [6, 6.07) is 6.78. The fourth-order valence-corrected chi connectivity index (χ4v) is 3.09. The van der Waals surface area contributed by atoms with Crippen LogP contribution >= 0.6 is 0 Å². The lowest BCUT2D eigenvalue weighted by Crippen LogP contribution is -2.42. The molecule has 142 valence electrons. The molecule has 0 spiro atoms. The lowest BCUT2D eigenvalue weighted by Gasteiger charge is -2.31. The lowest BCUT2D eigenvalue weighted by atomic mass is 10.1. The summed E-state index contributed by atoms with van der Waals surface area (Å²) in [5.41, 5.74) is 1.72. The van der Waals surface area contributed by atoms with Crippen LogP contribution in [0.1, 0.15) is 23.3 Å². The average Bonchev–Trinajstić information content (AvgIpc) is 2.75. The van der Waals surface area contributed by atoms with Crippen LogP contribution in [0.3, 0.4) is 0 Å². The highest BCUT2D eigenvalue weighted by atomic mass is 19.1. The molecule has 0 saturated carbocycles. The molecule has 0 aliphatic carbocycles. The Balaban J connectivity index is 1.33. The van der Waals surface area contributed by atoms with Gasteiger partial charge in [-0.3, -0.25) is 9.78 Å². The number of hydrogen-bond acceptors (Lipinski definition) is 6. The molecule has 1 amide bonds. The molecule has 0 radical (unpaired) electrons. The fourth-order valence-electron chi connectivity index (χ4n) is 3.09. The summed E-state index contributed by atoms with van der Waals surface area (Å²) in [4.78, 5) is 30.4. The van der Waals surface area contributed by atoms with E-state index in [0.29, 0.717) is 31.9 Å². The smallest absolute Gasteiger partial charge is 0.316 e. The van der Waals surface area contributed by atoms with E-state index >= 15 is 0 Å². The third kappa shape index (κ3) is 3.95. The first-order chi connectivity index (χ1) is 13.7. The van der Waals surface area contributed by atoms with Crippen molar-refractivity contribution in [3.63, 3.8) is 0 Å². The number of aromatic nitrogens is 4. The maximum Gasteiger partial charge on any atom is 0.316 e. The van der Waals surface area contributed by atoms with Crippen LogP contribution in [0, 0.1) is 5.82 Å². The zero-order valence-corrected chi connectivity index (χ0v) is 15.0. The van der Waals surface area contributed by atoms with E-state index in [1.165, 1.54) is 18.3 Å². The number of likely N-dealkylation sites (tertiary alicyclic amines) is 1. The van der Waals surface area contributed by atoms with E-state index in [9.17, 15) is 9.18 Å². The molecule has 0 unspecified atom stereocenters. The highest BCUT2D eigenvalue weighted by Crippen LogP contribution is 2.20. The van der Waals surface area contributed by atoms with Gasteiger partial charge in [-0.2, -0.15) is 0 Å². The monoisotopic (exact) mass is 379 g/mol. The molecule has 1 aliphatic heterocycles. The van der Waals surface area contributed by atoms with Crippen LogP contribution in [0.4, 0.5) is 4.39 Å². The number of pyridine rings is 2. The molecule has 0 atom stereocenters. The molecule has 1 saturated heterocycles. The summed E-state index contributed by atoms with van der Waals surface area (Å²) in [7, 11) is 0.